The molecule has 25 heavy (non-hydrogen) atoms. The van der Waals surface area contributed by atoms with E-state index in [-0.39, 0.29) is 49.3 Å². The minimum atomic E-state index is -3.60. The fraction of sp³-hybridized carbons (Fsp3) is 1.00. The van der Waals surface area contributed by atoms with Crippen molar-refractivity contribution in [1.29, 1.82) is 0 Å². The molecule has 0 aromatic heterocycles. The minimum absolute atomic E-state index is 0.00725. The van der Waals surface area contributed by atoms with Crippen LogP contribution >= 0.6 is 63.4 Å². The Balaban J connectivity index is 1.81. The lowest BCUT2D eigenvalue weighted by Crippen LogP contribution is -2.46. The third-order valence-electron chi connectivity index (χ3n) is 3.55. The average Bonchev–Trinajstić information content (AvgIpc) is 2.63. The van der Waals surface area contributed by atoms with Crippen molar-refractivity contribution in [1.82, 2.24) is 0 Å². The molecule has 0 aromatic rings. The lowest BCUT2D eigenvalue weighted by Gasteiger charge is -2.41. The van der Waals surface area contributed by atoms with Gasteiger partial charge in [-0.2, -0.15) is 0 Å². The topological polar surface area (TPSA) is 89.5 Å². The molecule has 2 saturated heterocycles. The van der Waals surface area contributed by atoms with Gasteiger partial charge in [-0.15, -0.1) is 0 Å². The number of phosphoric acid groups is 2. The van der Waals surface area contributed by atoms with Crippen molar-refractivity contribution in [3.8, 4) is 0 Å². The largest absolute Gasteiger partial charge is 0.474 e. The molecule has 0 saturated carbocycles. The Morgan fingerprint density at radius 1 is 0.920 bits per heavy atom. The van der Waals surface area contributed by atoms with Crippen LogP contribution in [-0.4, -0.2) is 54.6 Å². The maximum atomic E-state index is 12.4. The third-order valence-corrected chi connectivity index (χ3v) is 9.42. The molecule has 2 heterocycles. The van der Waals surface area contributed by atoms with Crippen LogP contribution in [0.25, 0.3) is 0 Å². The summed E-state index contributed by atoms with van der Waals surface area (Å²) in [5.41, 5.74) is -0.684. The zero-order valence-electron chi connectivity index (χ0n) is 13.6. The lowest BCUT2D eigenvalue weighted by atomic mass is 9.93. The van der Waals surface area contributed by atoms with E-state index in [4.69, 9.17) is 27.1 Å². The molecule has 2 unspecified atom stereocenters. The van der Waals surface area contributed by atoms with Gasteiger partial charge in [-0.3, -0.25) is 27.1 Å². The summed E-state index contributed by atoms with van der Waals surface area (Å²) in [5.74, 6) is 0. The van der Waals surface area contributed by atoms with E-state index < -0.39 is 21.1 Å². The van der Waals surface area contributed by atoms with E-state index in [1.807, 2.05) is 6.92 Å². The molecule has 13 heteroatoms. The average molecular weight is 595 g/mol. The van der Waals surface area contributed by atoms with Gasteiger partial charge in [-0.1, -0.05) is 54.7 Å². The van der Waals surface area contributed by atoms with E-state index in [1.54, 1.807) is 0 Å². The Labute approximate surface area is 172 Å². The molecule has 0 bridgehead atoms. The maximum Gasteiger partial charge on any atom is 0.474 e. The third kappa shape index (κ3) is 6.89. The van der Waals surface area contributed by atoms with Gasteiger partial charge < -0.3 is 0 Å². The number of rotatable bonds is 8. The summed E-state index contributed by atoms with van der Waals surface area (Å²) in [6.07, 6.45) is 0.825. The van der Waals surface area contributed by atoms with E-state index in [0.717, 1.165) is 6.42 Å². The summed E-state index contributed by atoms with van der Waals surface area (Å²) in [7, 11) is -7.19. The molecule has 0 aromatic carbocycles. The van der Waals surface area contributed by atoms with Crippen LogP contribution in [0.15, 0.2) is 0 Å². The highest BCUT2D eigenvalue weighted by atomic mass is 79.9. The first-order valence-corrected chi connectivity index (χ1v) is 13.5. The van der Waals surface area contributed by atoms with Crippen LogP contribution in [-0.2, 0) is 36.3 Å². The van der Waals surface area contributed by atoms with Gasteiger partial charge >= 0.3 is 15.6 Å². The molecule has 148 valence electrons. The summed E-state index contributed by atoms with van der Waals surface area (Å²) in [6, 6.07) is 0. The standard InChI is InChI=1S/C12H21Br3O8P2/c1-2-10(14)4-18-24(16)20-6-12(7-21-24)8-22-25(17,23-9-12)19-5-11(15)3-13/h10-11H,2-9H2,1H3. The van der Waals surface area contributed by atoms with Crippen molar-refractivity contribution < 1.29 is 36.3 Å². The van der Waals surface area contributed by atoms with Crippen molar-refractivity contribution in [3.05, 3.63) is 0 Å². The molecule has 0 amide bonds. The molecule has 2 fully saturated rings. The van der Waals surface area contributed by atoms with Gasteiger partial charge in [0.15, 0.2) is 0 Å². The van der Waals surface area contributed by atoms with Gasteiger partial charge in [0.05, 0.1) is 45.1 Å². The van der Waals surface area contributed by atoms with E-state index in [2.05, 4.69) is 47.8 Å². The second kappa shape index (κ2) is 9.92. The monoisotopic (exact) mass is 592 g/mol. The molecule has 8 nitrogen and oxygen atoms in total. The van der Waals surface area contributed by atoms with Crippen LogP contribution in [0.5, 0.6) is 0 Å². The van der Waals surface area contributed by atoms with Gasteiger partial charge in [0.1, 0.15) is 0 Å². The number of halogens is 3. The number of phosphoric ester groups is 2. The van der Waals surface area contributed by atoms with Gasteiger partial charge in [0.25, 0.3) is 0 Å². The highest BCUT2D eigenvalue weighted by Crippen LogP contribution is 2.60. The molecule has 0 aliphatic carbocycles. The van der Waals surface area contributed by atoms with Crippen molar-refractivity contribution in [2.75, 3.05) is 45.0 Å². The van der Waals surface area contributed by atoms with Gasteiger partial charge in [0, 0.05) is 15.0 Å². The molecule has 2 aliphatic heterocycles. The second-order valence-corrected chi connectivity index (χ2v) is 12.4. The Morgan fingerprint density at radius 2 is 1.32 bits per heavy atom. The van der Waals surface area contributed by atoms with Crippen LogP contribution < -0.4 is 0 Å². The molecule has 2 rings (SSSR count). The second-order valence-electron chi connectivity index (χ2n) is 5.84. The van der Waals surface area contributed by atoms with Crippen LogP contribution in [0.1, 0.15) is 13.3 Å². The minimum Gasteiger partial charge on any atom is -0.286 e. The molecule has 2 aliphatic rings. The highest BCUT2D eigenvalue weighted by Gasteiger charge is 2.50. The molecule has 0 radical (unpaired) electrons. The van der Waals surface area contributed by atoms with Gasteiger partial charge in [0.2, 0.25) is 0 Å². The van der Waals surface area contributed by atoms with E-state index in [9.17, 15) is 9.13 Å². The summed E-state index contributed by atoms with van der Waals surface area (Å²) >= 11 is 10.0. The summed E-state index contributed by atoms with van der Waals surface area (Å²) in [4.78, 5) is 0.0655. The number of hydrogen-bond acceptors (Lipinski definition) is 8. The Morgan fingerprint density at radius 3 is 1.68 bits per heavy atom. The molecular formula is C12H21Br3O8P2. The number of hydrogen-bond donors (Lipinski definition) is 0. The smallest absolute Gasteiger partial charge is 0.286 e. The van der Waals surface area contributed by atoms with E-state index in [0.29, 0.717) is 5.33 Å². The first-order valence-electron chi connectivity index (χ1n) is 7.65. The Bertz CT molecular complexity index is 463. The van der Waals surface area contributed by atoms with Crippen molar-refractivity contribution >= 4 is 63.4 Å². The molecule has 2 atom stereocenters. The highest BCUT2D eigenvalue weighted by molar-refractivity contribution is 9.12. The lowest BCUT2D eigenvalue weighted by molar-refractivity contribution is -0.0951. The van der Waals surface area contributed by atoms with Crippen LogP contribution in [0.2, 0.25) is 0 Å². The van der Waals surface area contributed by atoms with Crippen LogP contribution in [0.4, 0.5) is 0 Å². The first-order chi connectivity index (χ1) is 11.7. The van der Waals surface area contributed by atoms with Crippen molar-refractivity contribution in [3.63, 3.8) is 0 Å². The molecule has 0 N–H and O–H groups in total. The van der Waals surface area contributed by atoms with E-state index in [1.165, 1.54) is 0 Å². The first kappa shape index (κ1) is 22.9. The predicted octanol–water partition coefficient (Wildman–Crippen LogP) is 4.65. The normalized spacial score (nSPS) is 38.6. The summed E-state index contributed by atoms with van der Waals surface area (Å²) in [6.45, 7) is 2.61. The Kier molecular flexibility index (Phi) is 9.10. The Hall–Kier alpha value is 1.66. The van der Waals surface area contributed by atoms with Crippen molar-refractivity contribution in [2.45, 2.75) is 23.0 Å². The van der Waals surface area contributed by atoms with Gasteiger partial charge in [-0.05, 0) is 6.42 Å². The van der Waals surface area contributed by atoms with Gasteiger partial charge in [-0.25, -0.2) is 9.13 Å². The predicted molar refractivity (Wildman–Crippen MR) is 103 cm³/mol. The molecule has 1 spiro atoms. The van der Waals surface area contributed by atoms with Crippen LogP contribution in [0.3, 0.4) is 0 Å². The van der Waals surface area contributed by atoms with Crippen LogP contribution in [0, 0.1) is 5.41 Å². The zero-order chi connectivity index (χ0) is 18.6. The van der Waals surface area contributed by atoms with E-state index >= 15 is 0 Å². The fourth-order valence-corrected chi connectivity index (χ4v) is 5.60. The quantitative estimate of drug-likeness (QED) is 0.297. The molecular weight excluding hydrogens is 574 g/mol. The SMILES string of the molecule is CCC(Br)COP1(=O)OCC2(CO1)COP(=O)(OCC(Br)CBr)OC2. The number of alkyl halides is 3. The summed E-state index contributed by atoms with van der Waals surface area (Å²) in [5, 5.41) is 0.640. The maximum absolute atomic E-state index is 12.4. The fourth-order valence-electron chi connectivity index (χ4n) is 1.84. The zero-order valence-corrected chi connectivity index (χ0v) is 20.2. The van der Waals surface area contributed by atoms with Crippen molar-refractivity contribution in [2.24, 2.45) is 5.41 Å². The summed E-state index contributed by atoms with van der Waals surface area (Å²) < 4.78 is 56.5.